The molecule has 2 aliphatic rings. The van der Waals surface area contributed by atoms with Gasteiger partial charge in [-0.25, -0.2) is 8.42 Å². The Morgan fingerprint density at radius 2 is 1.85 bits per heavy atom. The molecule has 5 nitrogen and oxygen atoms in total. The SMILES string of the molecule is COc1ccc(CCSC2=N[C@H]3CS(=O)(=O)C[C@@H]3N2c2ccccc2)cc1. The second-order valence-corrected chi connectivity index (χ2v) is 9.99. The summed E-state index contributed by atoms with van der Waals surface area (Å²) in [6.45, 7) is 0. The Balaban J connectivity index is 1.48. The molecule has 2 atom stereocenters. The first-order valence-corrected chi connectivity index (χ1v) is 11.7. The van der Waals surface area contributed by atoms with Crippen LogP contribution in [-0.4, -0.2) is 50.0 Å². The van der Waals surface area contributed by atoms with Crippen molar-refractivity contribution in [2.45, 2.75) is 18.5 Å². The number of benzene rings is 2. The molecule has 0 bridgehead atoms. The van der Waals surface area contributed by atoms with E-state index in [9.17, 15) is 8.42 Å². The van der Waals surface area contributed by atoms with Gasteiger partial charge in [0.25, 0.3) is 0 Å². The number of methoxy groups -OCH3 is 1. The molecule has 4 rings (SSSR count). The Hall–Kier alpha value is -1.99. The number of aryl methyl sites for hydroxylation is 1. The quantitative estimate of drug-likeness (QED) is 0.769. The number of anilines is 1. The first-order chi connectivity index (χ1) is 13.1. The number of ether oxygens (including phenoxy) is 1. The number of fused-ring (bicyclic) bond motifs is 1. The fraction of sp³-hybridized carbons (Fsp3) is 0.350. The van der Waals surface area contributed by atoms with Crippen LogP contribution in [0.5, 0.6) is 5.75 Å². The molecule has 0 aromatic heterocycles. The van der Waals surface area contributed by atoms with E-state index in [0.717, 1.165) is 28.8 Å². The van der Waals surface area contributed by atoms with Crippen molar-refractivity contribution in [3.8, 4) is 5.75 Å². The van der Waals surface area contributed by atoms with Crippen molar-refractivity contribution in [1.29, 1.82) is 0 Å². The van der Waals surface area contributed by atoms with Gasteiger partial charge in [0.1, 0.15) is 5.75 Å². The van der Waals surface area contributed by atoms with E-state index in [1.807, 2.05) is 42.5 Å². The molecule has 0 unspecified atom stereocenters. The number of para-hydroxylation sites is 1. The Morgan fingerprint density at radius 3 is 2.56 bits per heavy atom. The lowest BCUT2D eigenvalue weighted by Crippen LogP contribution is -2.39. The molecule has 7 heteroatoms. The second-order valence-electron chi connectivity index (χ2n) is 6.78. The van der Waals surface area contributed by atoms with E-state index >= 15 is 0 Å². The minimum atomic E-state index is -3.01. The zero-order valence-electron chi connectivity index (χ0n) is 15.1. The molecular weight excluding hydrogens is 380 g/mol. The minimum Gasteiger partial charge on any atom is -0.497 e. The lowest BCUT2D eigenvalue weighted by molar-refractivity contribution is 0.414. The highest BCUT2D eigenvalue weighted by atomic mass is 32.2. The maximum atomic E-state index is 12.1. The molecule has 0 N–H and O–H groups in total. The maximum Gasteiger partial charge on any atom is 0.164 e. The number of aliphatic imine (C=N–C) groups is 1. The topological polar surface area (TPSA) is 59.0 Å². The summed E-state index contributed by atoms with van der Waals surface area (Å²) in [5.74, 6) is 2.08. The summed E-state index contributed by atoms with van der Waals surface area (Å²) < 4.78 is 29.3. The van der Waals surface area contributed by atoms with Gasteiger partial charge in [0.15, 0.2) is 15.0 Å². The Labute approximate surface area is 164 Å². The lowest BCUT2D eigenvalue weighted by Gasteiger charge is -2.26. The van der Waals surface area contributed by atoms with E-state index in [0.29, 0.717) is 0 Å². The average Bonchev–Trinajstić information content (AvgIpc) is 3.14. The van der Waals surface area contributed by atoms with Crippen molar-refractivity contribution in [2.24, 2.45) is 4.99 Å². The number of rotatable bonds is 5. The molecule has 2 heterocycles. The van der Waals surface area contributed by atoms with Crippen molar-refractivity contribution >= 4 is 32.5 Å². The number of hydrogen-bond donors (Lipinski definition) is 0. The molecular formula is C20H22N2O3S2. The largest absolute Gasteiger partial charge is 0.497 e. The Bertz CT molecular complexity index is 927. The van der Waals surface area contributed by atoms with Gasteiger partial charge >= 0.3 is 0 Å². The van der Waals surface area contributed by atoms with Gasteiger partial charge in [-0.2, -0.15) is 0 Å². The Morgan fingerprint density at radius 1 is 1.11 bits per heavy atom. The summed E-state index contributed by atoms with van der Waals surface area (Å²) in [6, 6.07) is 17.8. The second kappa shape index (κ2) is 7.56. The fourth-order valence-electron chi connectivity index (χ4n) is 3.58. The molecule has 0 saturated carbocycles. The van der Waals surface area contributed by atoms with Crippen LogP contribution in [0.15, 0.2) is 59.6 Å². The monoisotopic (exact) mass is 402 g/mol. The molecule has 0 spiro atoms. The number of nitrogens with zero attached hydrogens (tertiary/aromatic N) is 2. The third-order valence-corrected chi connectivity index (χ3v) is 7.59. The molecule has 2 aromatic rings. The zero-order valence-corrected chi connectivity index (χ0v) is 16.7. The van der Waals surface area contributed by atoms with Crippen LogP contribution in [0.4, 0.5) is 5.69 Å². The predicted molar refractivity (Wildman–Crippen MR) is 112 cm³/mol. The van der Waals surface area contributed by atoms with Gasteiger partial charge in [0.2, 0.25) is 0 Å². The van der Waals surface area contributed by atoms with Crippen LogP contribution in [0.1, 0.15) is 5.56 Å². The number of amidine groups is 1. The third-order valence-electron chi connectivity index (χ3n) is 4.92. The molecule has 0 aliphatic carbocycles. The standard InChI is InChI=1S/C20H22N2O3S2/c1-25-17-9-7-15(8-10-17)11-12-26-20-21-18-13-27(23,24)14-19(18)22(20)16-5-3-2-4-6-16/h2-10,18-19H,11-14H2,1H3/t18-,19-/m0/s1. The summed E-state index contributed by atoms with van der Waals surface area (Å²) in [5, 5.41) is 0.930. The average molecular weight is 403 g/mol. The molecule has 1 fully saturated rings. The van der Waals surface area contributed by atoms with Crippen LogP contribution in [0, 0.1) is 0 Å². The minimum absolute atomic E-state index is 0.0825. The first-order valence-electron chi connectivity index (χ1n) is 8.94. The predicted octanol–water partition coefficient (Wildman–Crippen LogP) is 3.01. The molecule has 0 radical (unpaired) electrons. The summed E-state index contributed by atoms with van der Waals surface area (Å²) in [7, 11) is -1.34. The van der Waals surface area contributed by atoms with E-state index in [2.05, 4.69) is 17.0 Å². The fourth-order valence-corrected chi connectivity index (χ4v) is 6.53. The van der Waals surface area contributed by atoms with E-state index in [1.165, 1.54) is 5.56 Å². The first kappa shape index (κ1) is 18.4. The highest BCUT2D eigenvalue weighted by molar-refractivity contribution is 8.14. The molecule has 0 amide bonds. The number of sulfone groups is 1. The summed E-state index contributed by atoms with van der Waals surface area (Å²) in [4.78, 5) is 6.89. The van der Waals surface area contributed by atoms with Gasteiger partial charge in [0.05, 0.1) is 30.7 Å². The molecule has 142 valence electrons. The van der Waals surface area contributed by atoms with Crippen molar-refractivity contribution in [3.63, 3.8) is 0 Å². The van der Waals surface area contributed by atoms with Crippen LogP contribution >= 0.6 is 11.8 Å². The van der Waals surface area contributed by atoms with Crippen LogP contribution < -0.4 is 9.64 Å². The van der Waals surface area contributed by atoms with E-state index in [4.69, 9.17) is 9.73 Å². The van der Waals surface area contributed by atoms with Crippen molar-refractivity contribution in [1.82, 2.24) is 0 Å². The van der Waals surface area contributed by atoms with Gasteiger partial charge in [-0.3, -0.25) is 4.99 Å². The van der Waals surface area contributed by atoms with Crippen LogP contribution in [0.3, 0.4) is 0 Å². The van der Waals surface area contributed by atoms with Crippen LogP contribution in [0.25, 0.3) is 0 Å². The van der Waals surface area contributed by atoms with Crippen LogP contribution in [-0.2, 0) is 16.3 Å². The van der Waals surface area contributed by atoms with Crippen molar-refractivity contribution < 1.29 is 13.2 Å². The lowest BCUT2D eigenvalue weighted by atomic mass is 10.1. The van der Waals surface area contributed by atoms with Gasteiger partial charge in [-0.15, -0.1) is 0 Å². The molecule has 2 aromatic carbocycles. The van der Waals surface area contributed by atoms with E-state index in [1.54, 1.807) is 18.9 Å². The summed E-state index contributed by atoms with van der Waals surface area (Å²) >= 11 is 1.70. The van der Waals surface area contributed by atoms with E-state index in [-0.39, 0.29) is 23.6 Å². The normalized spacial score (nSPS) is 23.1. The summed E-state index contributed by atoms with van der Waals surface area (Å²) in [5.41, 5.74) is 2.26. The zero-order chi connectivity index (χ0) is 18.9. The van der Waals surface area contributed by atoms with Gasteiger partial charge in [-0.1, -0.05) is 42.1 Å². The van der Waals surface area contributed by atoms with Gasteiger partial charge in [-0.05, 0) is 36.2 Å². The third kappa shape index (κ3) is 3.99. The molecule has 1 saturated heterocycles. The molecule has 27 heavy (non-hydrogen) atoms. The van der Waals surface area contributed by atoms with Crippen molar-refractivity contribution in [3.05, 3.63) is 60.2 Å². The smallest absolute Gasteiger partial charge is 0.164 e. The maximum absolute atomic E-state index is 12.1. The van der Waals surface area contributed by atoms with Crippen LogP contribution in [0.2, 0.25) is 0 Å². The van der Waals surface area contributed by atoms with E-state index < -0.39 is 9.84 Å². The van der Waals surface area contributed by atoms with Gasteiger partial charge in [0, 0.05) is 11.4 Å². The van der Waals surface area contributed by atoms with Crippen molar-refractivity contribution in [2.75, 3.05) is 29.3 Å². The number of thioether (sulfide) groups is 1. The number of hydrogen-bond acceptors (Lipinski definition) is 6. The van der Waals surface area contributed by atoms with Gasteiger partial charge < -0.3 is 9.64 Å². The summed E-state index contributed by atoms with van der Waals surface area (Å²) in [6.07, 6.45) is 0.921. The molecule has 2 aliphatic heterocycles. The highest BCUT2D eigenvalue weighted by Gasteiger charge is 2.47. The highest BCUT2D eigenvalue weighted by Crippen LogP contribution is 2.35. The Kier molecular flexibility index (Phi) is 5.14.